The summed E-state index contributed by atoms with van der Waals surface area (Å²) in [7, 11) is 0. The van der Waals surface area contributed by atoms with E-state index in [-0.39, 0.29) is 5.91 Å². The standard InChI is InChI=1S/C15H21NO4/c1-3-5-10-20-12-8-6-11(7-9-12)14(17)16-13(4-2)15(18)19/h6-9,13H,3-5,10H2,1-2H3,(H,16,17)(H,18,19)/t13-/m0/s1. The molecule has 0 fully saturated rings. The molecule has 5 nitrogen and oxygen atoms in total. The van der Waals surface area contributed by atoms with Crippen molar-refractivity contribution in [1.29, 1.82) is 0 Å². The summed E-state index contributed by atoms with van der Waals surface area (Å²) in [6, 6.07) is 5.83. The number of amides is 1. The number of carboxylic acid groups (broad SMARTS) is 1. The molecule has 0 aliphatic rings. The molecular weight excluding hydrogens is 258 g/mol. The Morgan fingerprint density at radius 2 is 1.90 bits per heavy atom. The Morgan fingerprint density at radius 1 is 1.25 bits per heavy atom. The molecule has 0 spiro atoms. The fourth-order valence-corrected chi connectivity index (χ4v) is 1.62. The van der Waals surface area contributed by atoms with Crippen molar-refractivity contribution in [3.63, 3.8) is 0 Å². The predicted octanol–water partition coefficient (Wildman–Crippen LogP) is 2.46. The largest absolute Gasteiger partial charge is 0.494 e. The first-order valence-electron chi connectivity index (χ1n) is 6.85. The normalized spacial score (nSPS) is 11.7. The van der Waals surface area contributed by atoms with E-state index in [9.17, 15) is 9.59 Å². The minimum Gasteiger partial charge on any atom is -0.494 e. The van der Waals surface area contributed by atoms with Crippen molar-refractivity contribution in [2.24, 2.45) is 0 Å². The van der Waals surface area contributed by atoms with Crippen LogP contribution in [0.4, 0.5) is 0 Å². The van der Waals surface area contributed by atoms with Gasteiger partial charge in [0.05, 0.1) is 6.61 Å². The van der Waals surface area contributed by atoms with Gasteiger partial charge in [-0.1, -0.05) is 20.3 Å². The molecule has 0 radical (unpaired) electrons. The van der Waals surface area contributed by atoms with Gasteiger partial charge in [0.2, 0.25) is 0 Å². The Balaban J connectivity index is 2.59. The average molecular weight is 279 g/mol. The monoisotopic (exact) mass is 279 g/mol. The lowest BCUT2D eigenvalue weighted by Gasteiger charge is -2.12. The molecule has 0 unspecified atom stereocenters. The van der Waals surface area contributed by atoms with Gasteiger partial charge in [-0.3, -0.25) is 4.79 Å². The van der Waals surface area contributed by atoms with Gasteiger partial charge >= 0.3 is 5.97 Å². The van der Waals surface area contributed by atoms with Gasteiger partial charge in [-0.05, 0) is 37.1 Å². The molecule has 0 bridgehead atoms. The van der Waals surface area contributed by atoms with Crippen molar-refractivity contribution in [2.45, 2.75) is 39.2 Å². The average Bonchev–Trinajstić information content (AvgIpc) is 2.45. The fourth-order valence-electron chi connectivity index (χ4n) is 1.62. The smallest absolute Gasteiger partial charge is 0.326 e. The van der Waals surface area contributed by atoms with Crippen LogP contribution in [-0.4, -0.2) is 29.6 Å². The van der Waals surface area contributed by atoms with E-state index >= 15 is 0 Å². The van der Waals surface area contributed by atoms with Crippen LogP contribution in [0.5, 0.6) is 5.75 Å². The molecule has 0 saturated heterocycles. The summed E-state index contributed by atoms with van der Waals surface area (Å²) in [5.41, 5.74) is 0.424. The molecule has 1 aromatic rings. The van der Waals surface area contributed by atoms with E-state index in [1.807, 2.05) is 0 Å². The van der Waals surface area contributed by atoms with E-state index in [0.717, 1.165) is 12.8 Å². The van der Waals surface area contributed by atoms with Crippen LogP contribution in [0.15, 0.2) is 24.3 Å². The van der Waals surface area contributed by atoms with Crippen LogP contribution in [-0.2, 0) is 4.79 Å². The van der Waals surface area contributed by atoms with E-state index in [2.05, 4.69) is 12.2 Å². The number of unbranched alkanes of at least 4 members (excludes halogenated alkanes) is 1. The maximum absolute atomic E-state index is 11.9. The quantitative estimate of drug-likeness (QED) is 0.717. The second kappa shape index (κ2) is 8.19. The summed E-state index contributed by atoms with van der Waals surface area (Å²) in [4.78, 5) is 22.7. The maximum atomic E-state index is 11.9. The third kappa shape index (κ3) is 4.91. The number of rotatable bonds is 8. The number of carbonyl (C=O) groups excluding carboxylic acids is 1. The molecule has 110 valence electrons. The van der Waals surface area contributed by atoms with Crippen LogP contribution in [0.3, 0.4) is 0 Å². The number of benzene rings is 1. The molecule has 0 aliphatic heterocycles. The van der Waals surface area contributed by atoms with E-state index < -0.39 is 12.0 Å². The van der Waals surface area contributed by atoms with Crippen LogP contribution >= 0.6 is 0 Å². The van der Waals surface area contributed by atoms with Crippen molar-refractivity contribution in [3.8, 4) is 5.75 Å². The van der Waals surface area contributed by atoms with Crippen molar-refractivity contribution >= 4 is 11.9 Å². The molecule has 20 heavy (non-hydrogen) atoms. The number of hydrogen-bond donors (Lipinski definition) is 2. The fraction of sp³-hybridized carbons (Fsp3) is 0.467. The summed E-state index contributed by atoms with van der Waals surface area (Å²) in [6.07, 6.45) is 2.40. The zero-order chi connectivity index (χ0) is 15.0. The first-order valence-corrected chi connectivity index (χ1v) is 6.85. The Morgan fingerprint density at radius 3 is 2.40 bits per heavy atom. The van der Waals surface area contributed by atoms with Crippen LogP contribution in [0.25, 0.3) is 0 Å². The van der Waals surface area contributed by atoms with E-state index in [0.29, 0.717) is 24.3 Å². The minimum absolute atomic E-state index is 0.347. The van der Waals surface area contributed by atoms with Gasteiger partial charge in [0.1, 0.15) is 11.8 Å². The summed E-state index contributed by atoms with van der Waals surface area (Å²) >= 11 is 0. The molecule has 0 aromatic heterocycles. The zero-order valence-electron chi connectivity index (χ0n) is 11.9. The van der Waals surface area contributed by atoms with Crippen molar-refractivity contribution in [1.82, 2.24) is 5.32 Å². The molecule has 0 saturated carbocycles. The van der Waals surface area contributed by atoms with Gasteiger partial charge in [0.25, 0.3) is 5.91 Å². The lowest BCUT2D eigenvalue weighted by Crippen LogP contribution is -2.40. The highest BCUT2D eigenvalue weighted by Gasteiger charge is 2.18. The third-order valence-electron chi connectivity index (χ3n) is 2.89. The molecular formula is C15H21NO4. The predicted molar refractivity (Wildman–Crippen MR) is 76.0 cm³/mol. The Bertz CT molecular complexity index is 442. The second-order valence-electron chi connectivity index (χ2n) is 4.50. The molecule has 5 heteroatoms. The Hall–Kier alpha value is -2.04. The highest BCUT2D eigenvalue weighted by Crippen LogP contribution is 2.13. The Labute approximate surface area is 118 Å². The van der Waals surface area contributed by atoms with Crippen LogP contribution < -0.4 is 10.1 Å². The number of ether oxygens (including phenoxy) is 1. The van der Waals surface area contributed by atoms with Gasteiger partial charge in [0, 0.05) is 5.56 Å². The lowest BCUT2D eigenvalue weighted by molar-refractivity contribution is -0.139. The maximum Gasteiger partial charge on any atom is 0.326 e. The Kier molecular flexibility index (Phi) is 6.56. The summed E-state index contributed by atoms with van der Waals surface area (Å²) in [5.74, 6) is -0.708. The van der Waals surface area contributed by atoms with Gasteiger partial charge in [-0.2, -0.15) is 0 Å². The SMILES string of the molecule is CCCCOc1ccc(C(=O)N[C@@H](CC)C(=O)O)cc1. The van der Waals surface area contributed by atoms with Gasteiger partial charge < -0.3 is 15.2 Å². The highest BCUT2D eigenvalue weighted by atomic mass is 16.5. The summed E-state index contributed by atoms with van der Waals surface area (Å²) in [6.45, 7) is 4.45. The zero-order valence-corrected chi connectivity index (χ0v) is 11.9. The number of hydrogen-bond acceptors (Lipinski definition) is 3. The van der Waals surface area contributed by atoms with Gasteiger partial charge in [-0.15, -0.1) is 0 Å². The summed E-state index contributed by atoms with van der Waals surface area (Å²) in [5, 5.41) is 11.4. The second-order valence-corrected chi connectivity index (χ2v) is 4.50. The van der Waals surface area contributed by atoms with E-state index in [1.54, 1.807) is 31.2 Å². The number of nitrogens with one attached hydrogen (secondary N) is 1. The third-order valence-corrected chi connectivity index (χ3v) is 2.89. The number of aliphatic carboxylic acids is 1. The molecule has 1 amide bonds. The number of carboxylic acids is 1. The minimum atomic E-state index is -1.03. The number of carbonyl (C=O) groups is 2. The first kappa shape index (κ1) is 16.0. The molecule has 0 heterocycles. The molecule has 1 atom stereocenters. The van der Waals surface area contributed by atoms with Gasteiger partial charge in [-0.25, -0.2) is 4.79 Å². The molecule has 1 aromatic carbocycles. The van der Waals surface area contributed by atoms with Crippen molar-refractivity contribution in [2.75, 3.05) is 6.61 Å². The topological polar surface area (TPSA) is 75.6 Å². The molecule has 0 aliphatic carbocycles. The molecule has 2 N–H and O–H groups in total. The first-order chi connectivity index (χ1) is 9.58. The van der Waals surface area contributed by atoms with E-state index in [4.69, 9.17) is 9.84 Å². The van der Waals surface area contributed by atoms with Crippen molar-refractivity contribution < 1.29 is 19.4 Å². The van der Waals surface area contributed by atoms with Crippen LogP contribution in [0.2, 0.25) is 0 Å². The summed E-state index contributed by atoms with van der Waals surface area (Å²) < 4.78 is 5.50. The lowest BCUT2D eigenvalue weighted by atomic mass is 10.1. The van der Waals surface area contributed by atoms with E-state index in [1.165, 1.54) is 0 Å². The van der Waals surface area contributed by atoms with Crippen LogP contribution in [0.1, 0.15) is 43.5 Å². The highest BCUT2D eigenvalue weighted by molar-refractivity contribution is 5.96. The van der Waals surface area contributed by atoms with Crippen molar-refractivity contribution in [3.05, 3.63) is 29.8 Å². The van der Waals surface area contributed by atoms with Crippen LogP contribution in [0, 0.1) is 0 Å². The van der Waals surface area contributed by atoms with Gasteiger partial charge in [0.15, 0.2) is 0 Å². The molecule has 1 rings (SSSR count).